The summed E-state index contributed by atoms with van der Waals surface area (Å²) in [4.78, 5) is 36.0. The maximum atomic E-state index is 12.5. The lowest BCUT2D eigenvalue weighted by Crippen LogP contribution is -2.41. The molecule has 3 aromatic rings. The quantitative estimate of drug-likeness (QED) is 0.519. The second-order valence-electron chi connectivity index (χ2n) is 7.24. The van der Waals surface area contributed by atoms with Gasteiger partial charge in [-0.15, -0.1) is 0 Å². The Morgan fingerprint density at radius 1 is 1.12 bits per heavy atom. The third-order valence-electron chi connectivity index (χ3n) is 4.88. The molecule has 0 saturated carbocycles. The Balaban J connectivity index is 1.21. The van der Waals surface area contributed by atoms with Gasteiger partial charge in [0.1, 0.15) is 4.88 Å². The Hall–Kier alpha value is -3.31. The first-order valence-corrected chi connectivity index (χ1v) is 11.2. The molecule has 0 radical (unpaired) electrons. The molecule has 32 heavy (non-hydrogen) atoms. The van der Waals surface area contributed by atoms with Crippen LogP contribution in [-0.2, 0) is 16.0 Å². The summed E-state index contributed by atoms with van der Waals surface area (Å²) < 4.78 is 10.6. The molecule has 0 aliphatic carbocycles. The summed E-state index contributed by atoms with van der Waals surface area (Å²) in [6, 6.07) is 9.53. The third-order valence-corrected chi connectivity index (χ3v) is 6.10. The van der Waals surface area contributed by atoms with E-state index in [0.29, 0.717) is 48.3 Å². The number of nitrogens with one attached hydrogen (secondary N) is 2. The summed E-state index contributed by atoms with van der Waals surface area (Å²) >= 11 is 1.31. The van der Waals surface area contributed by atoms with Crippen molar-refractivity contribution in [1.82, 2.24) is 26.0 Å². The van der Waals surface area contributed by atoms with E-state index in [0.717, 1.165) is 23.8 Å². The summed E-state index contributed by atoms with van der Waals surface area (Å²) in [6.45, 7) is 4.57. The summed E-state index contributed by atoms with van der Waals surface area (Å²) in [5.41, 5.74) is 6.43. The molecule has 2 aromatic heterocycles. The fourth-order valence-electron chi connectivity index (χ4n) is 3.19. The molecule has 3 heterocycles. The number of morpholine rings is 1. The molecule has 0 unspecified atom stereocenters. The number of anilines is 1. The number of thiazole rings is 1. The van der Waals surface area contributed by atoms with Crippen LogP contribution < -0.4 is 15.8 Å². The number of carbonyl (C=O) groups excluding carboxylic acids is 2. The number of ether oxygens (including phenoxy) is 1. The number of carbonyl (C=O) groups is 2. The maximum Gasteiger partial charge on any atom is 0.281 e. The lowest BCUT2D eigenvalue weighted by molar-refractivity contribution is -0.121. The Morgan fingerprint density at radius 3 is 2.69 bits per heavy atom. The van der Waals surface area contributed by atoms with Crippen LogP contribution in [-0.4, -0.2) is 53.2 Å². The molecule has 1 aliphatic heterocycles. The van der Waals surface area contributed by atoms with Gasteiger partial charge in [0.15, 0.2) is 5.13 Å². The standard InChI is InChI=1S/C21H24N6O4S/c1-14-18(32-21(22-14)27-10-12-30-13-11-27)20(29)25-24-16(28)8-5-9-17-23-19(26-31-17)15-6-3-2-4-7-15/h2-4,6-7H,5,8-13H2,1H3,(H,24,28)(H,25,29). The molecule has 2 N–H and O–H groups in total. The Morgan fingerprint density at radius 2 is 1.91 bits per heavy atom. The van der Waals surface area contributed by atoms with Gasteiger partial charge in [-0.25, -0.2) is 4.98 Å². The zero-order chi connectivity index (χ0) is 22.3. The van der Waals surface area contributed by atoms with Gasteiger partial charge in [-0.2, -0.15) is 4.98 Å². The molecule has 0 atom stereocenters. The molecular weight excluding hydrogens is 432 g/mol. The third kappa shape index (κ3) is 5.48. The zero-order valence-corrected chi connectivity index (χ0v) is 18.5. The van der Waals surface area contributed by atoms with Crippen molar-refractivity contribution >= 4 is 28.3 Å². The van der Waals surface area contributed by atoms with E-state index in [2.05, 4.69) is 30.9 Å². The van der Waals surface area contributed by atoms with Crippen LogP contribution in [0.3, 0.4) is 0 Å². The summed E-state index contributed by atoms with van der Waals surface area (Å²) in [6.07, 6.45) is 1.20. The van der Waals surface area contributed by atoms with Crippen molar-refractivity contribution < 1.29 is 18.8 Å². The molecule has 11 heteroatoms. The summed E-state index contributed by atoms with van der Waals surface area (Å²) in [7, 11) is 0. The van der Waals surface area contributed by atoms with E-state index >= 15 is 0 Å². The zero-order valence-electron chi connectivity index (χ0n) is 17.7. The lowest BCUT2D eigenvalue weighted by atomic mass is 10.2. The first-order chi connectivity index (χ1) is 15.6. The average Bonchev–Trinajstić information content (AvgIpc) is 3.45. The second-order valence-corrected chi connectivity index (χ2v) is 8.22. The number of benzene rings is 1. The van der Waals surface area contributed by atoms with Crippen LogP contribution in [0.5, 0.6) is 0 Å². The SMILES string of the molecule is Cc1nc(N2CCOCC2)sc1C(=O)NNC(=O)CCCc1nc(-c2ccccc2)no1. The number of hydrogen-bond donors (Lipinski definition) is 2. The smallest absolute Gasteiger partial charge is 0.281 e. The van der Waals surface area contributed by atoms with Crippen molar-refractivity contribution in [3.8, 4) is 11.4 Å². The van der Waals surface area contributed by atoms with Gasteiger partial charge in [-0.1, -0.05) is 46.8 Å². The molecule has 2 amide bonds. The largest absolute Gasteiger partial charge is 0.378 e. The summed E-state index contributed by atoms with van der Waals surface area (Å²) in [5.74, 6) is 0.319. The predicted molar refractivity (Wildman–Crippen MR) is 118 cm³/mol. The number of hydrazine groups is 1. The molecule has 168 valence electrons. The van der Waals surface area contributed by atoms with Crippen LogP contribution in [0.1, 0.15) is 34.1 Å². The van der Waals surface area contributed by atoms with Crippen LogP contribution in [0.15, 0.2) is 34.9 Å². The summed E-state index contributed by atoms with van der Waals surface area (Å²) in [5, 5.41) is 4.75. The van der Waals surface area contributed by atoms with Gasteiger partial charge in [0.2, 0.25) is 17.6 Å². The molecule has 1 aromatic carbocycles. The number of rotatable bonds is 7. The number of aromatic nitrogens is 3. The van der Waals surface area contributed by atoms with Crippen LogP contribution in [0.4, 0.5) is 5.13 Å². The minimum atomic E-state index is -0.378. The minimum Gasteiger partial charge on any atom is -0.378 e. The minimum absolute atomic E-state index is 0.212. The highest BCUT2D eigenvalue weighted by atomic mass is 32.1. The first-order valence-electron chi connectivity index (χ1n) is 10.4. The van der Waals surface area contributed by atoms with Gasteiger partial charge < -0.3 is 14.2 Å². The maximum absolute atomic E-state index is 12.5. The lowest BCUT2D eigenvalue weighted by Gasteiger charge is -2.25. The normalized spacial score (nSPS) is 13.7. The van der Waals surface area contributed by atoms with Gasteiger partial charge >= 0.3 is 0 Å². The molecule has 1 fully saturated rings. The first kappa shape index (κ1) is 21.9. The second kappa shape index (κ2) is 10.3. The van der Waals surface area contributed by atoms with Crippen LogP contribution in [0.25, 0.3) is 11.4 Å². The van der Waals surface area contributed by atoms with Crippen molar-refractivity contribution in [2.24, 2.45) is 0 Å². The monoisotopic (exact) mass is 456 g/mol. The number of aryl methyl sites for hydroxylation is 2. The highest BCUT2D eigenvalue weighted by Gasteiger charge is 2.20. The van der Waals surface area contributed by atoms with Crippen LogP contribution >= 0.6 is 11.3 Å². The predicted octanol–water partition coefficient (Wildman–Crippen LogP) is 2.12. The fourth-order valence-corrected chi connectivity index (χ4v) is 4.20. The highest BCUT2D eigenvalue weighted by Crippen LogP contribution is 2.26. The van der Waals surface area contributed by atoms with E-state index in [4.69, 9.17) is 9.26 Å². The van der Waals surface area contributed by atoms with Gasteiger partial charge in [-0.05, 0) is 13.3 Å². The van der Waals surface area contributed by atoms with Crippen molar-refractivity contribution in [2.75, 3.05) is 31.2 Å². The van der Waals surface area contributed by atoms with Crippen molar-refractivity contribution in [3.63, 3.8) is 0 Å². The van der Waals surface area contributed by atoms with Gasteiger partial charge in [0.25, 0.3) is 5.91 Å². The highest BCUT2D eigenvalue weighted by molar-refractivity contribution is 7.17. The molecule has 1 aliphatic rings. The van der Waals surface area contributed by atoms with Crippen LogP contribution in [0.2, 0.25) is 0 Å². The molecular formula is C21H24N6O4S. The van der Waals surface area contributed by atoms with Crippen LogP contribution in [0, 0.1) is 6.92 Å². The molecule has 10 nitrogen and oxygen atoms in total. The Kier molecular flexibility index (Phi) is 7.07. The van der Waals surface area contributed by atoms with Crippen molar-refractivity contribution in [1.29, 1.82) is 0 Å². The molecule has 0 bridgehead atoms. The number of nitrogens with zero attached hydrogens (tertiary/aromatic N) is 4. The Labute approximate surface area is 189 Å². The molecule has 4 rings (SSSR count). The number of hydrogen-bond acceptors (Lipinski definition) is 9. The average molecular weight is 457 g/mol. The molecule has 1 saturated heterocycles. The van der Waals surface area contributed by atoms with E-state index in [1.54, 1.807) is 6.92 Å². The van der Waals surface area contributed by atoms with Gasteiger partial charge in [-0.3, -0.25) is 20.4 Å². The van der Waals surface area contributed by atoms with E-state index < -0.39 is 0 Å². The fraction of sp³-hybridized carbons (Fsp3) is 0.381. The van der Waals surface area contributed by atoms with Gasteiger partial charge in [0, 0.05) is 31.5 Å². The van der Waals surface area contributed by atoms with E-state index in [9.17, 15) is 9.59 Å². The van der Waals surface area contributed by atoms with E-state index in [-0.39, 0.29) is 18.2 Å². The topological polar surface area (TPSA) is 122 Å². The van der Waals surface area contributed by atoms with Crippen molar-refractivity contribution in [2.45, 2.75) is 26.2 Å². The molecule has 0 spiro atoms. The Bertz CT molecular complexity index is 1060. The van der Waals surface area contributed by atoms with E-state index in [1.165, 1.54) is 11.3 Å². The van der Waals surface area contributed by atoms with Gasteiger partial charge in [0.05, 0.1) is 18.9 Å². The number of amides is 2. The van der Waals surface area contributed by atoms with Crippen molar-refractivity contribution in [3.05, 3.63) is 46.8 Å². The van der Waals surface area contributed by atoms with E-state index in [1.807, 2.05) is 30.3 Å².